The van der Waals surface area contributed by atoms with E-state index in [-0.39, 0.29) is 0 Å². The van der Waals surface area contributed by atoms with Crippen molar-refractivity contribution in [1.29, 1.82) is 0 Å². The Balaban J connectivity index is 1.84. The van der Waals surface area contributed by atoms with Crippen LogP contribution in [0.5, 0.6) is 0 Å². The van der Waals surface area contributed by atoms with Gasteiger partial charge in [0.2, 0.25) is 0 Å². The molecule has 1 saturated carbocycles. The zero-order valence-corrected chi connectivity index (χ0v) is 10.6. The van der Waals surface area contributed by atoms with Crippen LogP contribution in [-0.2, 0) is 16.9 Å². The van der Waals surface area contributed by atoms with Crippen molar-refractivity contribution in [3.8, 4) is 0 Å². The van der Waals surface area contributed by atoms with E-state index in [9.17, 15) is 0 Å². The first kappa shape index (κ1) is 12.5. The molecule has 1 aromatic rings. The van der Waals surface area contributed by atoms with E-state index in [1.165, 1.54) is 19.3 Å². The highest BCUT2D eigenvalue weighted by atomic mass is 16.5. The Morgan fingerprint density at radius 2 is 2.06 bits per heavy atom. The molecule has 0 aromatic carbocycles. The van der Waals surface area contributed by atoms with E-state index in [1.54, 1.807) is 0 Å². The summed E-state index contributed by atoms with van der Waals surface area (Å²) in [5.74, 6) is 1.05. The van der Waals surface area contributed by atoms with Crippen LogP contribution in [-0.4, -0.2) is 16.2 Å². The lowest BCUT2D eigenvalue weighted by Crippen LogP contribution is -2.30. The van der Waals surface area contributed by atoms with Gasteiger partial charge in [0, 0.05) is 0 Å². The number of ether oxygens (including phenoxy) is 1. The highest BCUT2D eigenvalue weighted by Gasteiger charge is 2.22. The second kappa shape index (κ2) is 5.14. The summed E-state index contributed by atoms with van der Waals surface area (Å²) >= 11 is 0. The number of hydrogen-bond acceptors (Lipinski definition) is 5. The van der Waals surface area contributed by atoms with E-state index < -0.39 is 5.54 Å². The van der Waals surface area contributed by atoms with Gasteiger partial charge in [-0.15, -0.1) is 0 Å². The van der Waals surface area contributed by atoms with Crippen molar-refractivity contribution < 1.29 is 9.26 Å². The summed E-state index contributed by atoms with van der Waals surface area (Å²) in [4.78, 5) is 4.24. The Bertz CT molecular complexity index is 351. The minimum absolute atomic E-state index is 0.352. The average molecular weight is 239 g/mol. The van der Waals surface area contributed by atoms with Crippen molar-refractivity contribution in [2.24, 2.45) is 5.73 Å². The van der Waals surface area contributed by atoms with Crippen molar-refractivity contribution in [1.82, 2.24) is 10.1 Å². The minimum Gasteiger partial charge on any atom is -0.368 e. The number of rotatable bonds is 4. The maximum atomic E-state index is 5.88. The smallest absolute Gasteiger partial charge is 0.252 e. The Hall–Kier alpha value is -0.940. The molecule has 1 aromatic heterocycles. The normalized spacial score (nSPS) is 18.5. The maximum absolute atomic E-state index is 5.88. The third kappa shape index (κ3) is 3.51. The second-order valence-electron chi connectivity index (χ2n) is 5.30. The molecule has 0 amide bonds. The summed E-state index contributed by atoms with van der Waals surface area (Å²) in [6, 6.07) is 0. The molecule has 5 heteroatoms. The molecular formula is C12H21N3O2. The van der Waals surface area contributed by atoms with Crippen molar-refractivity contribution in [2.75, 3.05) is 0 Å². The molecule has 0 atom stereocenters. The fourth-order valence-corrected chi connectivity index (χ4v) is 2.00. The first-order valence-corrected chi connectivity index (χ1v) is 6.29. The van der Waals surface area contributed by atoms with Gasteiger partial charge in [0.1, 0.15) is 6.61 Å². The average Bonchev–Trinajstić information content (AvgIpc) is 2.76. The summed E-state index contributed by atoms with van der Waals surface area (Å²) in [7, 11) is 0. The van der Waals surface area contributed by atoms with Crippen LogP contribution in [0.3, 0.4) is 0 Å². The molecule has 1 heterocycles. The van der Waals surface area contributed by atoms with Gasteiger partial charge < -0.3 is 15.0 Å². The molecule has 96 valence electrons. The summed E-state index contributed by atoms with van der Waals surface area (Å²) in [5.41, 5.74) is 5.32. The summed E-state index contributed by atoms with van der Waals surface area (Å²) in [6.07, 6.45) is 6.48. The number of nitrogens with two attached hydrogens (primary N) is 1. The third-order valence-corrected chi connectivity index (χ3v) is 3.04. The predicted octanol–water partition coefficient (Wildman–Crippen LogP) is 2.11. The van der Waals surface area contributed by atoms with Crippen LogP contribution < -0.4 is 5.73 Å². The van der Waals surface area contributed by atoms with Gasteiger partial charge in [0.25, 0.3) is 5.89 Å². The van der Waals surface area contributed by atoms with Crippen molar-refractivity contribution in [3.05, 3.63) is 11.7 Å². The highest BCUT2D eigenvalue weighted by molar-refractivity contribution is 4.98. The zero-order valence-electron chi connectivity index (χ0n) is 10.6. The number of nitrogens with zero attached hydrogens (tertiary/aromatic N) is 2. The molecule has 5 nitrogen and oxygen atoms in total. The van der Waals surface area contributed by atoms with E-state index in [0.717, 1.165) is 12.8 Å². The first-order valence-electron chi connectivity index (χ1n) is 6.29. The monoisotopic (exact) mass is 239 g/mol. The van der Waals surface area contributed by atoms with Crippen LogP contribution in [0, 0.1) is 0 Å². The largest absolute Gasteiger partial charge is 0.368 e. The van der Waals surface area contributed by atoms with Gasteiger partial charge in [-0.2, -0.15) is 4.98 Å². The van der Waals surface area contributed by atoms with Crippen LogP contribution in [0.2, 0.25) is 0 Å². The molecule has 2 rings (SSSR count). The molecule has 1 fully saturated rings. The van der Waals surface area contributed by atoms with Crippen molar-refractivity contribution in [3.63, 3.8) is 0 Å². The Kier molecular flexibility index (Phi) is 3.79. The Morgan fingerprint density at radius 1 is 1.35 bits per heavy atom. The molecule has 0 spiro atoms. The van der Waals surface area contributed by atoms with Gasteiger partial charge in [-0.05, 0) is 26.7 Å². The lowest BCUT2D eigenvalue weighted by molar-refractivity contribution is 0.00462. The summed E-state index contributed by atoms with van der Waals surface area (Å²) < 4.78 is 10.9. The topological polar surface area (TPSA) is 74.2 Å². The van der Waals surface area contributed by atoms with Crippen LogP contribution in [0.25, 0.3) is 0 Å². The number of hydrogen-bond donors (Lipinski definition) is 1. The van der Waals surface area contributed by atoms with E-state index in [4.69, 9.17) is 15.0 Å². The van der Waals surface area contributed by atoms with Gasteiger partial charge >= 0.3 is 0 Å². The quantitative estimate of drug-likeness (QED) is 0.871. The van der Waals surface area contributed by atoms with Gasteiger partial charge in [0.05, 0.1) is 11.6 Å². The first-order chi connectivity index (χ1) is 8.05. The fourth-order valence-electron chi connectivity index (χ4n) is 2.00. The fraction of sp³-hybridized carbons (Fsp3) is 0.833. The van der Waals surface area contributed by atoms with E-state index in [2.05, 4.69) is 10.1 Å². The van der Waals surface area contributed by atoms with E-state index >= 15 is 0 Å². The summed E-state index contributed by atoms with van der Waals surface area (Å²) in [5, 5.41) is 3.86. The molecule has 17 heavy (non-hydrogen) atoms. The molecule has 0 saturated heterocycles. The van der Waals surface area contributed by atoms with Crippen molar-refractivity contribution >= 4 is 0 Å². The molecule has 1 aliphatic carbocycles. The van der Waals surface area contributed by atoms with E-state index in [1.807, 2.05) is 13.8 Å². The van der Waals surface area contributed by atoms with Gasteiger partial charge in [-0.25, -0.2) is 0 Å². The zero-order chi connectivity index (χ0) is 12.3. The molecule has 0 radical (unpaired) electrons. The van der Waals surface area contributed by atoms with Crippen LogP contribution in [0.1, 0.15) is 57.7 Å². The summed E-state index contributed by atoms with van der Waals surface area (Å²) in [6.45, 7) is 4.10. The third-order valence-electron chi connectivity index (χ3n) is 3.04. The SMILES string of the molecule is CC(C)(N)c1noc(COC2CCCCC2)n1. The Labute approximate surface area is 102 Å². The number of aromatic nitrogens is 2. The van der Waals surface area contributed by atoms with Gasteiger partial charge in [-0.1, -0.05) is 24.4 Å². The molecular weight excluding hydrogens is 218 g/mol. The lowest BCUT2D eigenvalue weighted by Gasteiger charge is -2.20. The lowest BCUT2D eigenvalue weighted by atomic mass is 9.98. The second-order valence-corrected chi connectivity index (χ2v) is 5.30. The highest BCUT2D eigenvalue weighted by Crippen LogP contribution is 2.21. The molecule has 0 unspecified atom stereocenters. The maximum Gasteiger partial charge on any atom is 0.252 e. The van der Waals surface area contributed by atoms with Crippen molar-refractivity contribution in [2.45, 2.75) is 64.2 Å². The molecule has 1 aliphatic rings. The van der Waals surface area contributed by atoms with Crippen LogP contribution >= 0.6 is 0 Å². The predicted molar refractivity (Wildman–Crippen MR) is 63.2 cm³/mol. The van der Waals surface area contributed by atoms with Crippen LogP contribution in [0.4, 0.5) is 0 Å². The molecule has 0 bridgehead atoms. The van der Waals surface area contributed by atoms with Gasteiger partial charge in [0.15, 0.2) is 5.82 Å². The van der Waals surface area contributed by atoms with E-state index in [0.29, 0.717) is 24.4 Å². The Morgan fingerprint density at radius 3 is 2.65 bits per heavy atom. The molecule has 0 aliphatic heterocycles. The minimum atomic E-state index is -0.563. The standard InChI is InChI=1S/C12H21N3O2/c1-12(2,13)11-14-10(17-15-11)8-16-9-6-4-3-5-7-9/h9H,3-8,13H2,1-2H3. The van der Waals surface area contributed by atoms with Crippen LogP contribution in [0.15, 0.2) is 4.52 Å². The van der Waals surface area contributed by atoms with Gasteiger partial charge in [-0.3, -0.25) is 0 Å². The molecule has 2 N–H and O–H groups in total.